The van der Waals surface area contributed by atoms with E-state index in [9.17, 15) is 14.4 Å². The SMILES string of the molecule is Cc1ccc(/C=C/C(=O)OCC(=O)NCC(N)=O)cc1. The predicted molar refractivity (Wildman–Crippen MR) is 73.4 cm³/mol. The number of hydrogen-bond donors (Lipinski definition) is 2. The van der Waals surface area contributed by atoms with Crippen LogP contribution >= 0.6 is 0 Å². The third-order valence-electron chi connectivity index (χ3n) is 2.29. The van der Waals surface area contributed by atoms with Crippen LogP contribution < -0.4 is 11.1 Å². The summed E-state index contributed by atoms with van der Waals surface area (Å²) in [5, 5.41) is 2.20. The number of esters is 1. The Bertz CT molecular complexity index is 520. The number of amides is 2. The average Bonchev–Trinajstić information content (AvgIpc) is 2.42. The van der Waals surface area contributed by atoms with Gasteiger partial charge >= 0.3 is 5.97 Å². The van der Waals surface area contributed by atoms with E-state index in [1.807, 2.05) is 31.2 Å². The van der Waals surface area contributed by atoms with Crippen molar-refractivity contribution in [2.24, 2.45) is 5.73 Å². The molecule has 20 heavy (non-hydrogen) atoms. The highest BCUT2D eigenvalue weighted by atomic mass is 16.5. The zero-order valence-electron chi connectivity index (χ0n) is 11.1. The van der Waals surface area contributed by atoms with Crippen LogP contribution in [-0.2, 0) is 19.1 Å². The number of primary amides is 1. The molecule has 1 aromatic carbocycles. The van der Waals surface area contributed by atoms with Crippen LogP contribution in [0.4, 0.5) is 0 Å². The number of nitrogens with two attached hydrogens (primary N) is 1. The lowest BCUT2D eigenvalue weighted by atomic mass is 10.1. The molecule has 0 bridgehead atoms. The van der Waals surface area contributed by atoms with E-state index < -0.39 is 24.4 Å². The minimum Gasteiger partial charge on any atom is -0.452 e. The molecule has 0 saturated carbocycles. The fourth-order valence-corrected chi connectivity index (χ4v) is 1.26. The smallest absolute Gasteiger partial charge is 0.331 e. The van der Waals surface area contributed by atoms with Gasteiger partial charge in [-0.15, -0.1) is 0 Å². The quantitative estimate of drug-likeness (QED) is 0.571. The van der Waals surface area contributed by atoms with Gasteiger partial charge in [-0.2, -0.15) is 0 Å². The van der Waals surface area contributed by atoms with Gasteiger partial charge in [0, 0.05) is 6.08 Å². The highest BCUT2D eigenvalue weighted by Crippen LogP contribution is 2.04. The van der Waals surface area contributed by atoms with Gasteiger partial charge in [-0.05, 0) is 18.6 Å². The second kappa shape index (κ2) is 7.73. The van der Waals surface area contributed by atoms with Crippen LogP contribution in [-0.4, -0.2) is 30.9 Å². The first-order valence-corrected chi connectivity index (χ1v) is 5.94. The third kappa shape index (κ3) is 6.34. The van der Waals surface area contributed by atoms with E-state index in [-0.39, 0.29) is 6.54 Å². The van der Waals surface area contributed by atoms with E-state index in [0.717, 1.165) is 11.1 Å². The summed E-state index contributed by atoms with van der Waals surface area (Å²) in [5.74, 6) is -1.88. The molecule has 106 valence electrons. The van der Waals surface area contributed by atoms with Crippen LogP contribution in [0.5, 0.6) is 0 Å². The molecule has 0 aromatic heterocycles. The molecule has 0 heterocycles. The molecule has 0 unspecified atom stereocenters. The minimum atomic E-state index is -0.663. The second-order valence-corrected chi connectivity index (χ2v) is 4.09. The monoisotopic (exact) mass is 276 g/mol. The fourth-order valence-electron chi connectivity index (χ4n) is 1.26. The lowest BCUT2D eigenvalue weighted by molar-refractivity contribution is -0.143. The van der Waals surface area contributed by atoms with E-state index >= 15 is 0 Å². The average molecular weight is 276 g/mol. The molecule has 0 fully saturated rings. The summed E-state index contributed by atoms with van der Waals surface area (Å²) in [4.78, 5) is 32.9. The Hall–Kier alpha value is -2.63. The normalized spacial score (nSPS) is 10.2. The van der Waals surface area contributed by atoms with E-state index in [2.05, 4.69) is 5.32 Å². The number of ether oxygens (including phenoxy) is 1. The Kier molecular flexibility index (Phi) is 5.96. The molecule has 0 atom stereocenters. The number of hydrogen-bond acceptors (Lipinski definition) is 4. The number of benzene rings is 1. The van der Waals surface area contributed by atoms with Crippen molar-refractivity contribution in [3.05, 3.63) is 41.5 Å². The van der Waals surface area contributed by atoms with Gasteiger partial charge in [-0.1, -0.05) is 29.8 Å². The molecule has 0 aliphatic heterocycles. The van der Waals surface area contributed by atoms with Crippen molar-refractivity contribution in [1.82, 2.24) is 5.32 Å². The lowest BCUT2D eigenvalue weighted by Gasteiger charge is -2.02. The predicted octanol–water partition coefficient (Wildman–Crippen LogP) is 0.153. The summed E-state index contributed by atoms with van der Waals surface area (Å²) in [7, 11) is 0. The van der Waals surface area contributed by atoms with Crippen molar-refractivity contribution in [3.8, 4) is 0 Å². The van der Waals surface area contributed by atoms with Crippen molar-refractivity contribution in [2.45, 2.75) is 6.92 Å². The number of carbonyl (C=O) groups is 3. The maximum absolute atomic E-state index is 11.3. The first-order chi connectivity index (χ1) is 9.47. The Morgan fingerprint density at radius 3 is 2.50 bits per heavy atom. The van der Waals surface area contributed by atoms with E-state index in [1.165, 1.54) is 6.08 Å². The summed E-state index contributed by atoms with van der Waals surface area (Å²) in [6.07, 6.45) is 2.81. The summed E-state index contributed by atoms with van der Waals surface area (Å²) < 4.78 is 4.69. The molecule has 0 spiro atoms. The summed E-state index contributed by atoms with van der Waals surface area (Å²) >= 11 is 0. The highest BCUT2D eigenvalue weighted by molar-refractivity contribution is 5.90. The van der Waals surface area contributed by atoms with Crippen LogP contribution in [0.2, 0.25) is 0 Å². The fraction of sp³-hybridized carbons (Fsp3) is 0.214. The number of nitrogens with one attached hydrogen (secondary N) is 1. The molecule has 6 heteroatoms. The molecular formula is C14H16N2O4. The van der Waals surface area contributed by atoms with Crippen molar-refractivity contribution in [1.29, 1.82) is 0 Å². The number of aryl methyl sites for hydroxylation is 1. The van der Waals surface area contributed by atoms with Crippen molar-refractivity contribution in [3.63, 3.8) is 0 Å². The Balaban J connectivity index is 2.34. The van der Waals surface area contributed by atoms with Gasteiger partial charge in [0.25, 0.3) is 5.91 Å². The number of carbonyl (C=O) groups excluding carboxylic acids is 3. The van der Waals surface area contributed by atoms with Crippen molar-refractivity contribution in [2.75, 3.05) is 13.2 Å². The van der Waals surface area contributed by atoms with Gasteiger partial charge in [-0.3, -0.25) is 9.59 Å². The van der Waals surface area contributed by atoms with Gasteiger partial charge in [0.05, 0.1) is 6.54 Å². The third-order valence-corrected chi connectivity index (χ3v) is 2.29. The summed E-state index contributed by atoms with van der Waals surface area (Å²) in [6.45, 7) is 1.23. The minimum absolute atomic E-state index is 0.282. The van der Waals surface area contributed by atoms with Crippen LogP contribution in [0.1, 0.15) is 11.1 Å². The van der Waals surface area contributed by atoms with Crippen molar-refractivity contribution >= 4 is 23.9 Å². The summed E-state index contributed by atoms with van der Waals surface area (Å²) in [5.41, 5.74) is 6.82. The molecule has 0 saturated heterocycles. The largest absolute Gasteiger partial charge is 0.452 e. The van der Waals surface area contributed by atoms with Crippen molar-refractivity contribution < 1.29 is 19.1 Å². The van der Waals surface area contributed by atoms with Crippen LogP contribution in [0.25, 0.3) is 6.08 Å². The van der Waals surface area contributed by atoms with Gasteiger partial charge in [0.2, 0.25) is 5.91 Å². The van der Waals surface area contributed by atoms with E-state index in [0.29, 0.717) is 0 Å². The number of rotatable bonds is 6. The molecule has 0 radical (unpaired) electrons. The van der Waals surface area contributed by atoms with Crippen LogP contribution in [0, 0.1) is 6.92 Å². The maximum Gasteiger partial charge on any atom is 0.331 e. The van der Waals surface area contributed by atoms with Gasteiger partial charge < -0.3 is 15.8 Å². The Labute approximate surface area is 116 Å². The molecule has 1 aromatic rings. The molecule has 0 aliphatic rings. The van der Waals surface area contributed by atoms with E-state index in [4.69, 9.17) is 10.5 Å². The zero-order valence-corrected chi connectivity index (χ0v) is 11.1. The Morgan fingerprint density at radius 1 is 1.25 bits per heavy atom. The first kappa shape index (κ1) is 15.4. The zero-order chi connectivity index (χ0) is 15.0. The highest BCUT2D eigenvalue weighted by Gasteiger charge is 2.05. The lowest BCUT2D eigenvalue weighted by Crippen LogP contribution is -2.35. The van der Waals surface area contributed by atoms with Crippen LogP contribution in [0.3, 0.4) is 0 Å². The van der Waals surface area contributed by atoms with Gasteiger partial charge in [0.15, 0.2) is 6.61 Å². The molecule has 0 aliphatic carbocycles. The van der Waals surface area contributed by atoms with Gasteiger partial charge in [-0.25, -0.2) is 4.79 Å². The van der Waals surface area contributed by atoms with Crippen LogP contribution in [0.15, 0.2) is 30.3 Å². The molecule has 3 N–H and O–H groups in total. The molecule has 1 rings (SSSR count). The van der Waals surface area contributed by atoms with Gasteiger partial charge in [0.1, 0.15) is 0 Å². The standard InChI is InChI=1S/C14H16N2O4/c1-10-2-4-11(5-3-10)6-7-14(19)20-9-13(18)16-8-12(15)17/h2-7H,8-9H2,1H3,(H2,15,17)(H,16,18)/b7-6+. The topological polar surface area (TPSA) is 98.5 Å². The molecular weight excluding hydrogens is 260 g/mol. The second-order valence-electron chi connectivity index (χ2n) is 4.09. The maximum atomic E-state index is 11.3. The Morgan fingerprint density at radius 2 is 1.90 bits per heavy atom. The summed E-state index contributed by atoms with van der Waals surface area (Å²) in [6, 6.07) is 7.56. The van der Waals surface area contributed by atoms with E-state index in [1.54, 1.807) is 6.08 Å². The molecule has 6 nitrogen and oxygen atoms in total. The molecule has 2 amide bonds. The first-order valence-electron chi connectivity index (χ1n) is 5.94.